The number of hydrogen-bond donors (Lipinski definition) is 0. The molecule has 0 aliphatic carbocycles. The highest BCUT2D eigenvalue weighted by atomic mass is 32.2. The highest BCUT2D eigenvalue weighted by molar-refractivity contribution is 8.14. The predicted octanol–water partition coefficient (Wildman–Crippen LogP) is 1.16. The first-order valence-electron chi connectivity index (χ1n) is 5.60. The summed E-state index contributed by atoms with van der Waals surface area (Å²) in [6, 6.07) is 0. The first-order valence-corrected chi connectivity index (χ1v) is 6.48. The standard InChI is InChI=1S/C11H18O5S/c1-6(12)17-7-5-14-10(13-4)9-8(7)15-11(2,3)16-9/h7-10H,5H2,1-4H3/t7-,8+,9+,10+/m1/s1. The molecule has 98 valence electrons. The van der Waals surface area contributed by atoms with Crippen LogP contribution in [0.3, 0.4) is 0 Å². The number of carbonyl (C=O) groups excluding carboxylic acids is 1. The van der Waals surface area contributed by atoms with Crippen LogP contribution in [0.4, 0.5) is 0 Å². The summed E-state index contributed by atoms with van der Waals surface area (Å²) in [6.45, 7) is 5.69. The van der Waals surface area contributed by atoms with Crippen molar-refractivity contribution < 1.29 is 23.7 Å². The fourth-order valence-electron chi connectivity index (χ4n) is 2.21. The van der Waals surface area contributed by atoms with Crippen molar-refractivity contribution in [3.63, 3.8) is 0 Å². The molecule has 2 saturated heterocycles. The summed E-state index contributed by atoms with van der Waals surface area (Å²) >= 11 is 1.24. The summed E-state index contributed by atoms with van der Waals surface area (Å²) in [5.74, 6) is -0.657. The van der Waals surface area contributed by atoms with Gasteiger partial charge in [-0.15, -0.1) is 0 Å². The highest BCUT2D eigenvalue weighted by Crippen LogP contribution is 2.39. The van der Waals surface area contributed by atoms with Crippen molar-refractivity contribution in [2.45, 2.75) is 50.3 Å². The van der Waals surface area contributed by atoms with E-state index >= 15 is 0 Å². The largest absolute Gasteiger partial charge is 0.353 e. The van der Waals surface area contributed by atoms with E-state index in [1.807, 2.05) is 13.8 Å². The number of fused-ring (bicyclic) bond motifs is 1. The van der Waals surface area contributed by atoms with E-state index in [0.717, 1.165) is 0 Å². The van der Waals surface area contributed by atoms with Crippen molar-refractivity contribution in [3.05, 3.63) is 0 Å². The van der Waals surface area contributed by atoms with Crippen molar-refractivity contribution >= 4 is 16.9 Å². The minimum atomic E-state index is -0.657. The Bertz CT molecular complexity index is 306. The molecule has 5 nitrogen and oxygen atoms in total. The van der Waals surface area contributed by atoms with Gasteiger partial charge < -0.3 is 18.9 Å². The molecule has 2 aliphatic heterocycles. The van der Waals surface area contributed by atoms with Crippen molar-refractivity contribution in [1.82, 2.24) is 0 Å². The van der Waals surface area contributed by atoms with Crippen molar-refractivity contribution in [1.29, 1.82) is 0 Å². The number of thioether (sulfide) groups is 1. The summed E-state index contributed by atoms with van der Waals surface area (Å²) in [4.78, 5) is 11.2. The summed E-state index contributed by atoms with van der Waals surface area (Å²) in [6.07, 6.45) is -0.871. The van der Waals surface area contributed by atoms with Gasteiger partial charge in [0, 0.05) is 14.0 Å². The third kappa shape index (κ3) is 2.82. The highest BCUT2D eigenvalue weighted by Gasteiger charge is 2.52. The van der Waals surface area contributed by atoms with Crippen LogP contribution in [0, 0.1) is 0 Å². The zero-order chi connectivity index (χ0) is 12.6. The number of ether oxygens (including phenoxy) is 4. The molecule has 0 aromatic rings. The van der Waals surface area contributed by atoms with Crippen LogP contribution in [0.25, 0.3) is 0 Å². The number of hydrogen-bond acceptors (Lipinski definition) is 6. The van der Waals surface area contributed by atoms with Gasteiger partial charge >= 0.3 is 0 Å². The van der Waals surface area contributed by atoms with Crippen LogP contribution >= 0.6 is 11.8 Å². The minimum absolute atomic E-state index is 0.0364. The fraction of sp³-hybridized carbons (Fsp3) is 0.909. The smallest absolute Gasteiger partial charge is 0.186 e. The van der Waals surface area contributed by atoms with E-state index in [9.17, 15) is 4.79 Å². The molecule has 2 aliphatic rings. The van der Waals surface area contributed by atoms with Crippen LogP contribution in [-0.4, -0.2) is 48.4 Å². The summed E-state index contributed by atoms with van der Waals surface area (Å²) in [5.41, 5.74) is 0. The Morgan fingerprint density at radius 3 is 2.59 bits per heavy atom. The Morgan fingerprint density at radius 2 is 2.00 bits per heavy atom. The van der Waals surface area contributed by atoms with E-state index in [0.29, 0.717) is 6.61 Å². The van der Waals surface area contributed by atoms with Gasteiger partial charge in [-0.1, -0.05) is 11.8 Å². The van der Waals surface area contributed by atoms with E-state index in [1.165, 1.54) is 11.8 Å². The van der Waals surface area contributed by atoms with Crippen molar-refractivity contribution in [2.75, 3.05) is 13.7 Å². The second kappa shape index (κ2) is 4.85. The van der Waals surface area contributed by atoms with Crippen LogP contribution in [0.2, 0.25) is 0 Å². The molecule has 2 heterocycles. The Morgan fingerprint density at radius 1 is 1.35 bits per heavy atom. The molecular weight excluding hydrogens is 244 g/mol. The molecule has 2 rings (SSSR count). The maximum Gasteiger partial charge on any atom is 0.186 e. The molecule has 0 radical (unpaired) electrons. The van der Waals surface area contributed by atoms with Gasteiger partial charge in [0.15, 0.2) is 17.2 Å². The fourth-order valence-corrected chi connectivity index (χ4v) is 3.13. The predicted molar refractivity (Wildman–Crippen MR) is 62.6 cm³/mol. The zero-order valence-electron chi connectivity index (χ0n) is 10.5. The molecule has 0 bridgehead atoms. The molecule has 0 amide bonds. The summed E-state index contributed by atoms with van der Waals surface area (Å²) < 4.78 is 22.4. The van der Waals surface area contributed by atoms with E-state index in [1.54, 1.807) is 14.0 Å². The number of carbonyl (C=O) groups is 1. The number of rotatable bonds is 2. The first-order chi connectivity index (χ1) is 7.93. The topological polar surface area (TPSA) is 54.0 Å². The Hall–Kier alpha value is -0.140. The Balaban J connectivity index is 2.12. The molecule has 0 aromatic heterocycles. The van der Waals surface area contributed by atoms with Gasteiger partial charge in [-0.2, -0.15) is 0 Å². The Labute approximate surface area is 105 Å². The third-order valence-electron chi connectivity index (χ3n) is 2.77. The molecule has 0 saturated carbocycles. The van der Waals surface area contributed by atoms with Gasteiger partial charge in [-0.25, -0.2) is 0 Å². The molecule has 0 aromatic carbocycles. The second-order valence-electron chi connectivity index (χ2n) is 4.65. The second-order valence-corrected chi connectivity index (χ2v) is 6.07. The molecule has 4 atom stereocenters. The van der Waals surface area contributed by atoms with Crippen LogP contribution < -0.4 is 0 Å². The maximum atomic E-state index is 11.2. The van der Waals surface area contributed by atoms with E-state index in [2.05, 4.69) is 0 Å². The van der Waals surface area contributed by atoms with E-state index in [4.69, 9.17) is 18.9 Å². The Kier molecular flexibility index (Phi) is 3.80. The van der Waals surface area contributed by atoms with Crippen LogP contribution in [0.15, 0.2) is 0 Å². The van der Waals surface area contributed by atoms with E-state index in [-0.39, 0.29) is 22.6 Å². The van der Waals surface area contributed by atoms with Gasteiger partial charge in [0.25, 0.3) is 0 Å². The lowest BCUT2D eigenvalue weighted by Gasteiger charge is -2.35. The molecule has 0 unspecified atom stereocenters. The molecule has 6 heteroatoms. The van der Waals surface area contributed by atoms with Crippen LogP contribution in [0.1, 0.15) is 20.8 Å². The number of methoxy groups -OCH3 is 1. The summed E-state index contributed by atoms with van der Waals surface area (Å²) in [7, 11) is 1.58. The minimum Gasteiger partial charge on any atom is -0.353 e. The van der Waals surface area contributed by atoms with Crippen molar-refractivity contribution in [3.8, 4) is 0 Å². The van der Waals surface area contributed by atoms with E-state index < -0.39 is 12.1 Å². The third-order valence-corrected chi connectivity index (χ3v) is 3.81. The average Bonchev–Trinajstić information content (AvgIpc) is 2.53. The van der Waals surface area contributed by atoms with Gasteiger partial charge in [0.2, 0.25) is 0 Å². The monoisotopic (exact) mass is 262 g/mol. The average molecular weight is 262 g/mol. The quantitative estimate of drug-likeness (QED) is 0.744. The molecule has 2 fully saturated rings. The summed E-state index contributed by atoms with van der Waals surface area (Å²) in [5, 5.41) is 0.0206. The lowest BCUT2D eigenvalue weighted by Crippen LogP contribution is -2.50. The maximum absolute atomic E-state index is 11.2. The van der Waals surface area contributed by atoms with Crippen molar-refractivity contribution in [2.24, 2.45) is 0 Å². The van der Waals surface area contributed by atoms with Gasteiger partial charge in [0.1, 0.15) is 12.2 Å². The van der Waals surface area contributed by atoms with Crippen LogP contribution in [-0.2, 0) is 23.7 Å². The normalized spacial score (nSPS) is 40.0. The molecule has 0 spiro atoms. The lowest BCUT2D eigenvalue weighted by atomic mass is 10.1. The van der Waals surface area contributed by atoms with Gasteiger partial charge in [0.05, 0.1) is 11.9 Å². The SMILES string of the molecule is CO[C@H]1OC[C@@H](SC(C)=O)[C@@H]2OC(C)(C)O[C@H]12. The zero-order valence-corrected chi connectivity index (χ0v) is 11.3. The molecule has 0 N–H and O–H groups in total. The van der Waals surface area contributed by atoms with Crippen LogP contribution in [0.5, 0.6) is 0 Å². The first kappa shape index (κ1) is 13.3. The van der Waals surface area contributed by atoms with Gasteiger partial charge in [-0.05, 0) is 13.8 Å². The van der Waals surface area contributed by atoms with Gasteiger partial charge in [-0.3, -0.25) is 4.79 Å². The molecule has 17 heavy (non-hydrogen) atoms. The lowest BCUT2D eigenvalue weighted by molar-refractivity contribution is -0.218. The molecular formula is C11H18O5S.